The smallest absolute Gasteiger partial charge is 0.307 e. The fourth-order valence-corrected chi connectivity index (χ4v) is 3.83. The second kappa shape index (κ2) is 7.01. The van der Waals surface area contributed by atoms with Crippen LogP contribution in [0.25, 0.3) is 10.8 Å². The Morgan fingerprint density at radius 1 is 0.889 bits per heavy atom. The first-order valence-electron chi connectivity index (χ1n) is 9.37. The molecule has 3 aromatic rings. The van der Waals surface area contributed by atoms with Crippen LogP contribution in [0.15, 0.2) is 66.7 Å². The zero-order chi connectivity index (χ0) is 18.9. The van der Waals surface area contributed by atoms with Crippen molar-refractivity contribution >= 4 is 10.8 Å². The van der Waals surface area contributed by atoms with Gasteiger partial charge >= 0.3 is 6.18 Å². The summed E-state index contributed by atoms with van der Waals surface area (Å²) in [6.45, 7) is 0.791. The second-order valence-corrected chi connectivity index (χ2v) is 7.34. The van der Waals surface area contributed by atoms with Gasteiger partial charge in [-0.3, -0.25) is 0 Å². The number of aryl methyl sites for hydroxylation is 1. The SMILES string of the molecule is FC(F)(F)c1cccc(CCCNC2(c3cccc4ccccc34)CC2)c1. The Morgan fingerprint density at radius 3 is 2.41 bits per heavy atom. The van der Waals surface area contributed by atoms with Gasteiger partial charge in [0.15, 0.2) is 0 Å². The van der Waals surface area contributed by atoms with Crippen molar-refractivity contribution in [1.82, 2.24) is 5.32 Å². The first kappa shape index (κ1) is 18.1. The molecule has 0 bridgehead atoms. The Balaban J connectivity index is 1.40. The van der Waals surface area contributed by atoms with E-state index in [0.717, 1.165) is 37.4 Å². The van der Waals surface area contributed by atoms with Crippen molar-refractivity contribution in [1.29, 1.82) is 0 Å². The van der Waals surface area contributed by atoms with Crippen LogP contribution in [-0.2, 0) is 18.1 Å². The van der Waals surface area contributed by atoms with Crippen molar-refractivity contribution in [2.24, 2.45) is 0 Å². The first-order valence-corrected chi connectivity index (χ1v) is 9.37. The molecule has 0 amide bonds. The van der Waals surface area contributed by atoms with Crippen molar-refractivity contribution in [2.75, 3.05) is 6.54 Å². The minimum Gasteiger partial charge on any atom is -0.307 e. The largest absolute Gasteiger partial charge is 0.416 e. The van der Waals surface area contributed by atoms with Crippen molar-refractivity contribution in [2.45, 2.75) is 37.4 Å². The number of rotatable bonds is 6. The lowest BCUT2D eigenvalue weighted by Crippen LogP contribution is -2.30. The maximum absolute atomic E-state index is 12.8. The van der Waals surface area contributed by atoms with Gasteiger partial charge in [0.1, 0.15) is 0 Å². The predicted octanol–water partition coefficient (Wildman–Crippen LogP) is 6.07. The molecule has 27 heavy (non-hydrogen) atoms. The number of alkyl halides is 3. The van der Waals surface area contributed by atoms with E-state index in [1.807, 2.05) is 6.07 Å². The molecule has 4 heteroatoms. The summed E-state index contributed by atoms with van der Waals surface area (Å²) in [6, 6.07) is 20.5. The van der Waals surface area contributed by atoms with Crippen LogP contribution in [0.1, 0.15) is 36.0 Å². The number of fused-ring (bicyclic) bond motifs is 1. The van der Waals surface area contributed by atoms with Gasteiger partial charge in [0.05, 0.1) is 5.56 Å². The molecule has 0 spiro atoms. The molecule has 1 nitrogen and oxygen atoms in total. The van der Waals surface area contributed by atoms with Gasteiger partial charge in [0.25, 0.3) is 0 Å². The third-order valence-electron chi connectivity index (χ3n) is 5.42. The van der Waals surface area contributed by atoms with Crippen LogP contribution in [0.5, 0.6) is 0 Å². The van der Waals surface area contributed by atoms with E-state index in [2.05, 4.69) is 41.7 Å². The first-order chi connectivity index (χ1) is 13.0. The fourth-order valence-electron chi connectivity index (χ4n) is 3.83. The van der Waals surface area contributed by atoms with Gasteiger partial charge in [-0.25, -0.2) is 0 Å². The van der Waals surface area contributed by atoms with Gasteiger partial charge in [-0.05, 0) is 60.2 Å². The molecule has 1 aliphatic carbocycles. The highest BCUT2D eigenvalue weighted by Crippen LogP contribution is 2.47. The highest BCUT2D eigenvalue weighted by Gasteiger charge is 2.44. The van der Waals surface area contributed by atoms with Crippen LogP contribution in [0.2, 0.25) is 0 Å². The van der Waals surface area contributed by atoms with Gasteiger partial charge in [-0.15, -0.1) is 0 Å². The topological polar surface area (TPSA) is 12.0 Å². The van der Waals surface area contributed by atoms with E-state index in [0.29, 0.717) is 6.42 Å². The molecule has 0 unspecified atom stereocenters. The molecule has 0 saturated heterocycles. The van der Waals surface area contributed by atoms with Crippen LogP contribution in [-0.4, -0.2) is 6.54 Å². The number of benzene rings is 3. The van der Waals surface area contributed by atoms with E-state index >= 15 is 0 Å². The molecule has 0 radical (unpaired) electrons. The Kier molecular flexibility index (Phi) is 4.68. The zero-order valence-electron chi connectivity index (χ0n) is 15.0. The molecular formula is C23H22F3N. The number of halogens is 3. The Hall–Kier alpha value is -2.33. The zero-order valence-corrected chi connectivity index (χ0v) is 15.0. The van der Waals surface area contributed by atoms with Crippen molar-refractivity contribution in [3.63, 3.8) is 0 Å². The quantitative estimate of drug-likeness (QED) is 0.520. The molecule has 1 saturated carbocycles. The average molecular weight is 369 g/mol. The van der Waals surface area contributed by atoms with Crippen molar-refractivity contribution in [3.05, 3.63) is 83.4 Å². The minimum atomic E-state index is -4.28. The van der Waals surface area contributed by atoms with Gasteiger partial charge in [0, 0.05) is 5.54 Å². The summed E-state index contributed by atoms with van der Waals surface area (Å²) in [7, 11) is 0. The lowest BCUT2D eigenvalue weighted by Gasteiger charge is -2.20. The summed E-state index contributed by atoms with van der Waals surface area (Å²) in [4.78, 5) is 0. The molecular weight excluding hydrogens is 347 g/mol. The van der Waals surface area contributed by atoms with Crippen LogP contribution < -0.4 is 5.32 Å². The monoisotopic (exact) mass is 369 g/mol. The van der Waals surface area contributed by atoms with Gasteiger partial charge in [-0.1, -0.05) is 60.7 Å². The molecule has 4 rings (SSSR count). The molecule has 0 heterocycles. The molecule has 0 aliphatic heterocycles. The average Bonchev–Trinajstić information content (AvgIpc) is 3.45. The van der Waals surface area contributed by atoms with Crippen LogP contribution >= 0.6 is 0 Å². The lowest BCUT2D eigenvalue weighted by molar-refractivity contribution is -0.137. The van der Waals surface area contributed by atoms with Gasteiger partial charge in [-0.2, -0.15) is 13.2 Å². The number of hydrogen-bond acceptors (Lipinski definition) is 1. The fraction of sp³-hybridized carbons (Fsp3) is 0.304. The van der Waals surface area contributed by atoms with Gasteiger partial charge in [0.2, 0.25) is 0 Å². The van der Waals surface area contributed by atoms with Crippen LogP contribution in [0.4, 0.5) is 13.2 Å². The number of nitrogens with one attached hydrogen (secondary N) is 1. The Morgan fingerprint density at radius 2 is 1.63 bits per heavy atom. The lowest BCUT2D eigenvalue weighted by atomic mass is 9.96. The normalized spacial score (nSPS) is 15.8. The minimum absolute atomic E-state index is 0.0225. The van der Waals surface area contributed by atoms with E-state index in [1.165, 1.54) is 28.5 Å². The molecule has 3 aromatic carbocycles. The van der Waals surface area contributed by atoms with Crippen molar-refractivity contribution < 1.29 is 13.2 Å². The summed E-state index contributed by atoms with van der Waals surface area (Å²) in [6.07, 6.45) is -0.619. The summed E-state index contributed by atoms with van der Waals surface area (Å²) in [5.74, 6) is 0. The Labute approximate surface area is 157 Å². The molecule has 0 aromatic heterocycles. The van der Waals surface area contributed by atoms with E-state index in [-0.39, 0.29) is 5.54 Å². The number of hydrogen-bond donors (Lipinski definition) is 1. The maximum Gasteiger partial charge on any atom is 0.416 e. The van der Waals surface area contributed by atoms with Gasteiger partial charge < -0.3 is 5.32 Å². The third kappa shape index (κ3) is 3.86. The van der Waals surface area contributed by atoms with E-state index in [4.69, 9.17) is 0 Å². The third-order valence-corrected chi connectivity index (χ3v) is 5.42. The summed E-state index contributed by atoms with van der Waals surface area (Å²) in [5, 5.41) is 6.19. The van der Waals surface area contributed by atoms with E-state index < -0.39 is 11.7 Å². The summed E-state index contributed by atoms with van der Waals surface area (Å²) >= 11 is 0. The molecule has 140 valence electrons. The summed E-state index contributed by atoms with van der Waals surface area (Å²) < 4.78 is 38.5. The van der Waals surface area contributed by atoms with Crippen molar-refractivity contribution in [3.8, 4) is 0 Å². The molecule has 0 atom stereocenters. The van der Waals surface area contributed by atoms with Crippen LogP contribution in [0.3, 0.4) is 0 Å². The highest BCUT2D eigenvalue weighted by atomic mass is 19.4. The van der Waals surface area contributed by atoms with E-state index in [9.17, 15) is 13.2 Å². The summed E-state index contributed by atoms with van der Waals surface area (Å²) in [5.41, 5.74) is 1.53. The highest BCUT2D eigenvalue weighted by molar-refractivity contribution is 5.87. The standard InChI is InChI=1S/C23H22F3N/c24-23(25,26)19-10-3-6-17(16-19)7-5-15-27-22(13-14-22)21-12-4-9-18-8-1-2-11-20(18)21/h1-4,6,8-12,16,27H,5,7,13-15H2. The predicted molar refractivity (Wildman–Crippen MR) is 103 cm³/mol. The molecule has 1 aliphatic rings. The van der Waals surface area contributed by atoms with Crippen LogP contribution in [0, 0.1) is 0 Å². The maximum atomic E-state index is 12.8. The molecule has 1 N–H and O–H groups in total. The van der Waals surface area contributed by atoms with E-state index in [1.54, 1.807) is 6.07 Å². The Bertz CT molecular complexity index is 936. The second-order valence-electron chi connectivity index (χ2n) is 7.34. The molecule has 1 fully saturated rings.